The van der Waals surface area contributed by atoms with Crippen LogP contribution in [0, 0.1) is 28.6 Å². The predicted octanol–water partition coefficient (Wildman–Crippen LogP) is 3.00. The monoisotopic (exact) mass is 400 g/mol. The number of nitrogens with zero attached hydrogens (tertiary/aromatic N) is 2. The van der Waals surface area contributed by atoms with Gasteiger partial charge in [-0.05, 0) is 80.6 Å². The average molecular weight is 401 g/mol. The first-order valence-electron chi connectivity index (χ1n) is 10.7. The number of fused-ring (bicyclic) bond motifs is 5. The Hall–Kier alpha value is -2.38. The Balaban J connectivity index is 1.57. The van der Waals surface area contributed by atoms with Gasteiger partial charge in [0.25, 0.3) is 0 Å². The fraction of sp³-hybridized carbons (Fsp3) is 0.714. The minimum Gasteiger partial charge on any atom is -0.350 e. The van der Waals surface area contributed by atoms with Gasteiger partial charge in [0.15, 0.2) is 0 Å². The third-order valence-corrected chi connectivity index (χ3v) is 8.33. The zero-order valence-corrected chi connectivity index (χ0v) is 17.3. The SMILES string of the molecule is C[C@]12CCC(=NNC(N)=O)C=C1CC[C@@H]1[C@@H]2CC[C@]2(C)C(=NNC(N)=O)CC[C@@H]12. The van der Waals surface area contributed by atoms with E-state index < -0.39 is 12.1 Å². The van der Waals surface area contributed by atoms with Gasteiger partial charge >= 0.3 is 12.1 Å². The predicted molar refractivity (Wildman–Crippen MR) is 112 cm³/mol. The number of carbonyl (C=O) groups is 2. The van der Waals surface area contributed by atoms with Crippen LogP contribution in [-0.4, -0.2) is 23.5 Å². The number of primary amides is 2. The molecule has 0 radical (unpaired) electrons. The molecule has 29 heavy (non-hydrogen) atoms. The summed E-state index contributed by atoms with van der Waals surface area (Å²) in [6.45, 7) is 4.76. The third kappa shape index (κ3) is 3.32. The molecule has 0 saturated heterocycles. The van der Waals surface area contributed by atoms with Gasteiger partial charge in [0, 0.05) is 11.1 Å². The molecule has 0 aromatic heterocycles. The molecule has 8 nitrogen and oxygen atoms in total. The van der Waals surface area contributed by atoms with Crippen LogP contribution in [0.3, 0.4) is 0 Å². The van der Waals surface area contributed by atoms with Crippen molar-refractivity contribution in [2.45, 2.75) is 65.2 Å². The lowest BCUT2D eigenvalue weighted by molar-refractivity contribution is -0.0155. The van der Waals surface area contributed by atoms with Crippen LogP contribution in [0.1, 0.15) is 65.2 Å². The Morgan fingerprint density at radius 3 is 2.34 bits per heavy atom. The first-order chi connectivity index (χ1) is 13.7. The molecular weight excluding hydrogens is 368 g/mol. The van der Waals surface area contributed by atoms with Gasteiger partial charge in [-0.1, -0.05) is 19.4 Å². The van der Waals surface area contributed by atoms with E-state index in [-0.39, 0.29) is 10.8 Å². The second-order valence-electron chi connectivity index (χ2n) is 9.61. The lowest BCUT2D eigenvalue weighted by atomic mass is 9.47. The first kappa shape index (κ1) is 19.9. The molecule has 158 valence electrons. The number of urea groups is 2. The Kier molecular flexibility index (Phi) is 4.91. The van der Waals surface area contributed by atoms with Gasteiger partial charge in [-0.15, -0.1) is 0 Å². The Morgan fingerprint density at radius 1 is 0.931 bits per heavy atom. The summed E-state index contributed by atoms with van der Waals surface area (Å²) in [5.74, 6) is 1.95. The number of nitrogens with two attached hydrogens (primary N) is 2. The minimum absolute atomic E-state index is 0.0634. The largest absolute Gasteiger partial charge is 0.350 e. The topological polar surface area (TPSA) is 135 Å². The second-order valence-corrected chi connectivity index (χ2v) is 9.61. The molecule has 3 fully saturated rings. The van der Waals surface area contributed by atoms with E-state index in [0.717, 1.165) is 49.9 Å². The highest BCUT2D eigenvalue weighted by atomic mass is 16.2. The van der Waals surface area contributed by atoms with Crippen molar-refractivity contribution in [1.29, 1.82) is 0 Å². The zero-order valence-electron chi connectivity index (χ0n) is 17.3. The van der Waals surface area contributed by atoms with Crippen LogP contribution in [0.15, 0.2) is 21.9 Å². The van der Waals surface area contributed by atoms with E-state index in [4.69, 9.17) is 11.5 Å². The van der Waals surface area contributed by atoms with Gasteiger partial charge in [-0.2, -0.15) is 10.2 Å². The van der Waals surface area contributed by atoms with Crippen molar-refractivity contribution >= 4 is 23.5 Å². The molecule has 0 unspecified atom stereocenters. The Labute approximate surface area is 171 Å². The molecule has 0 aromatic carbocycles. The first-order valence-corrected chi connectivity index (χ1v) is 10.7. The fourth-order valence-electron chi connectivity index (χ4n) is 6.88. The molecule has 4 amide bonds. The maximum atomic E-state index is 11.1. The summed E-state index contributed by atoms with van der Waals surface area (Å²) < 4.78 is 0. The van der Waals surface area contributed by atoms with Crippen molar-refractivity contribution in [2.24, 2.45) is 50.3 Å². The highest BCUT2D eigenvalue weighted by Gasteiger charge is 2.58. The van der Waals surface area contributed by atoms with E-state index in [9.17, 15) is 9.59 Å². The summed E-state index contributed by atoms with van der Waals surface area (Å²) in [6, 6.07) is -1.22. The quantitative estimate of drug-likeness (QED) is 0.530. The van der Waals surface area contributed by atoms with Gasteiger partial charge in [0.1, 0.15) is 0 Å². The molecule has 0 aliphatic heterocycles. The molecule has 0 heterocycles. The van der Waals surface area contributed by atoms with Gasteiger partial charge in [0.05, 0.1) is 5.71 Å². The number of hydrogen-bond donors (Lipinski definition) is 4. The van der Waals surface area contributed by atoms with E-state index in [1.165, 1.54) is 18.4 Å². The molecule has 0 spiro atoms. The van der Waals surface area contributed by atoms with Gasteiger partial charge in [-0.3, -0.25) is 0 Å². The van der Waals surface area contributed by atoms with Crippen LogP contribution in [-0.2, 0) is 0 Å². The summed E-state index contributed by atoms with van der Waals surface area (Å²) in [5.41, 5.74) is 19.0. The average Bonchev–Trinajstić information content (AvgIpc) is 3.01. The van der Waals surface area contributed by atoms with Crippen LogP contribution < -0.4 is 22.3 Å². The summed E-state index contributed by atoms with van der Waals surface area (Å²) in [7, 11) is 0. The van der Waals surface area contributed by atoms with Crippen molar-refractivity contribution in [3.63, 3.8) is 0 Å². The second kappa shape index (κ2) is 7.15. The van der Waals surface area contributed by atoms with E-state index in [1.807, 2.05) is 0 Å². The molecule has 6 N–H and O–H groups in total. The molecule has 8 heteroatoms. The summed E-state index contributed by atoms with van der Waals surface area (Å²) >= 11 is 0. The zero-order chi connectivity index (χ0) is 20.8. The van der Waals surface area contributed by atoms with Crippen LogP contribution in [0.25, 0.3) is 0 Å². The number of allylic oxidation sites excluding steroid dienone is 2. The number of nitrogens with one attached hydrogen (secondary N) is 2. The van der Waals surface area contributed by atoms with Gasteiger partial charge in [-0.25, -0.2) is 20.4 Å². The van der Waals surface area contributed by atoms with Gasteiger partial charge in [0.2, 0.25) is 0 Å². The molecular formula is C21H32N6O2. The Morgan fingerprint density at radius 2 is 1.62 bits per heavy atom. The lowest BCUT2D eigenvalue weighted by Crippen LogP contribution is -2.50. The Bertz CT molecular complexity index is 818. The van der Waals surface area contributed by atoms with Crippen molar-refractivity contribution in [3.05, 3.63) is 11.6 Å². The fourth-order valence-corrected chi connectivity index (χ4v) is 6.88. The number of carbonyl (C=O) groups excluding carboxylic acids is 2. The summed E-state index contributed by atoms with van der Waals surface area (Å²) in [6.07, 6.45) is 10.7. The van der Waals surface area contributed by atoms with Crippen molar-refractivity contribution in [2.75, 3.05) is 0 Å². The number of rotatable bonds is 2. The highest BCUT2D eigenvalue weighted by molar-refractivity contribution is 5.97. The summed E-state index contributed by atoms with van der Waals surface area (Å²) in [5, 5.41) is 8.55. The van der Waals surface area contributed by atoms with E-state index in [2.05, 4.69) is 41.0 Å². The molecule has 4 aliphatic carbocycles. The third-order valence-electron chi connectivity index (χ3n) is 8.33. The van der Waals surface area contributed by atoms with Crippen molar-refractivity contribution in [1.82, 2.24) is 10.9 Å². The molecule has 4 aliphatic rings. The summed E-state index contributed by atoms with van der Waals surface area (Å²) in [4.78, 5) is 22.1. The number of hydrazone groups is 2. The maximum absolute atomic E-state index is 11.1. The van der Waals surface area contributed by atoms with E-state index in [1.54, 1.807) is 0 Å². The maximum Gasteiger partial charge on any atom is 0.332 e. The molecule has 0 aromatic rings. The molecule has 5 atom stereocenters. The smallest absolute Gasteiger partial charge is 0.332 e. The molecule has 0 bridgehead atoms. The lowest BCUT2D eigenvalue weighted by Gasteiger charge is -2.57. The van der Waals surface area contributed by atoms with Crippen LogP contribution in [0.5, 0.6) is 0 Å². The van der Waals surface area contributed by atoms with Crippen LogP contribution in [0.2, 0.25) is 0 Å². The highest BCUT2D eigenvalue weighted by Crippen LogP contribution is 2.64. The number of amides is 4. The normalized spacial score (nSPS) is 41.2. The van der Waals surface area contributed by atoms with Crippen molar-refractivity contribution < 1.29 is 9.59 Å². The van der Waals surface area contributed by atoms with E-state index >= 15 is 0 Å². The standard InChI is InChI=1S/C21H32N6O2/c1-20-9-7-13(24-26-18(22)28)11-12(20)3-4-14-15-5-6-17(25-27-19(23)29)21(15,2)10-8-16(14)20/h11,14-16H,3-10H2,1-2H3,(H3,22,26,28)(H3,23,27,29)/t14-,15-,16-,20-,21-/m0/s1. The minimum atomic E-state index is -0.621. The number of hydrogen-bond acceptors (Lipinski definition) is 4. The van der Waals surface area contributed by atoms with Gasteiger partial charge < -0.3 is 11.5 Å². The molecule has 3 saturated carbocycles. The van der Waals surface area contributed by atoms with Crippen LogP contribution in [0.4, 0.5) is 9.59 Å². The van der Waals surface area contributed by atoms with E-state index in [0.29, 0.717) is 17.8 Å². The molecule has 4 rings (SSSR count). The van der Waals surface area contributed by atoms with Crippen LogP contribution >= 0.6 is 0 Å². The van der Waals surface area contributed by atoms with Crippen molar-refractivity contribution in [3.8, 4) is 0 Å².